The lowest BCUT2D eigenvalue weighted by Gasteiger charge is -2.09. The molecule has 0 bridgehead atoms. The summed E-state index contributed by atoms with van der Waals surface area (Å²) < 4.78 is 1.95. The van der Waals surface area contributed by atoms with Gasteiger partial charge < -0.3 is 9.67 Å². The van der Waals surface area contributed by atoms with Crippen molar-refractivity contribution in [1.29, 1.82) is 0 Å². The second-order valence-electron chi connectivity index (χ2n) is 4.07. The van der Waals surface area contributed by atoms with Crippen molar-refractivity contribution in [2.75, 3.05) is 0 Å². The van der Waals surface area contributed by atoms with E-state index in [1.807, 2.05) is 17.6 Å². The lowest BCUT2D eigenvalue weighted by molar-refractivity contribution is 0.0697. The molecule has 0 saturated carbocycles. The first-order valence-corrected chi connectivity index (χ1v) is 5.87. The number of hydrogen-bond acceptors (Lipinski definition) is 3. The Morgan fingerprint density at radius 2 is 2.06 bits per heavy atom. The molecule has 0 spiro atoms. The number of carbonyl (C=O) groups is 1. The lowest BCUT2D eigenvalue weighted by atomic mass is 10.1. The molecule has 0 aliphatic heterocycles. The predicted molar refractivity (Wildman–Crippen MR) is 67.4 cm³/mol. The van der Waals surface area contributed by atoms with Crippen molar-refractivity contribution in [3.8, 4) is 11.4 Å². The van der Waals surface area contributed by atoms with Gasteiger partial charge in [0, 0.05) is 12.1 Å². The van der Waals surface area contributed by atoms with Crippen LogP contribution in [0.2, 0.25) is 0 Å². The highest BCUT2D eigenvalue weighted by molar-refractivity contribution is 5.94. The van der Waals surface area contributed by atoms with Crippen LogP contribution in [0.1, 0.15) is 29.5 Å². The summed E-state index contributed by atoms with van der Waals surface area (Å²) in [7, 11) is 0. The maximum Gasteiger partial charge on any atom is 0.336 e. The van der Waals surface area contributed by atoms with Crippen LogP contribution in [-0.2, 0) is 6.54 Å². The fraction of sp³-hybridized carbons (Fsp3) is 0.308. The van der Waals surface area contributed by atoms with Gasteiger partial charge in [-0.2, -0.15) is 0 Å². The summed E-state index contributed by atoms with van der Waals surface area (Å²) in [6.45, 7) is 4.71. The Morgan fingerprint density at radius 1 is 1.33 bits per heavy atom. The van der Waals surface area contributed by atoms with Gasteiger partial charge in [-0.15, -0.1) is 10.2 Å². The minimum atomic E-state index is -0.950. The van der Waals surface area contributed by atoms with Crippen molar-refractivity contribution in [1.82, 2.24) is 14.8 Å². The van der Waals surface area contributed by atoms with Crippen LogP contribution in [0.3, 0.4) is 0 Å². The number of hydrogen-bond donors (Lipinski definition) is 1. The molecule has 0 aliphatic rings. The van der Waals surface area contributed by atoms with Gasteiger partial charge >= 0.3 is 5.97 Å². The average Bonchev–Trinajstić information content (AvgIpc) is 2.72. The first kappa shape index (κ1) is 12.3. The van der Waals surface area contributed by atoms with Crippen molar-refractivity contribution in [2.45, 2.75) is 26.8 Å². The SMILES string of the molecule is CCCn1c(C)nnc1-c1ccccc1C(=O)O. The van der Waals surface area contributed by atoms with Gasteiger partial charge in [-0.1, -0.05) is 25.1 Å². The van der Waals surface area contributed by atoms with E-state index in [0.29, 0.717) is 11.4 Å². The Labute approximate surface area is 105 Å². The van der Waals surface area contributed by atoms with Gasteiger partial charge in [0.25, 0.3) is 0 Å². The number of carboxylic acid groups (broad SMARTS) is 1. The molecule has 2 rings (SSSR count). The van der Waals surface area contributed by atoms with Gasteiger partial charge in [0.15, 0.2) is 5.82 Å². The number of aryl methyl sites for hydroxylation is 1. The van der Waals surface area contributed by atoms with Gasteiger partial charge in [0.05, 0.1) is 5.56 Å². The molecule has 1 heterocycles. The normalized spacial score (nSPS) is 10.6. The van der Waals surface area contributed by atoms with E-state index in [2.05, 4.69) is 17.1 Å². The Balaban J connectivity index is 2.58. The largest absolute Gasteiger partial charge is 0.478 e. The van der Waals surface area contributed by atoms with Crippen molar-refractivity contribution in [3.63, 3.8) is 0 Å². The zero-order chi connectivity index (χ0) is 13.1. The molecule has 0 aliphatic carbocycles. The Kier molecular flexibility index (Phi) is 3.41. The molecule has 2 aromatic rings. The van der Waals surface area contributed by atoms with Crippen LogP contribution in [-0.4, -0.2) is 25.8 Å². The number of nitrogens with zero attached hydrogens (tertiary/aromatic N) is 3. The van der Waals surface area contributed by atoms with Crippen molar-refractivity contribution in [3.05, 3.63) is 35.7 Å². The monoisotopic (exact) mass is 245 g/mol. The highest BCUT2D eigenvalue weighted by Crippen LogP contribution is 2.23. The first-order valence-electron chi connectivity index (χ1n) is 5.87. The van der Waals surface area contributed by atoms with E-state index < -0.39 is 5.97 Å². The molecular weight excluding hydrogens is 230 g/mol. The van der Waals surface area contributed by atoms with Crippen molar-refractivity contribution in [2.24, 2.45) is 0 Å². The van der Waals surface area contributed by atoms with E-state index in [1.165, 1.54) is 0 Å². The third-order valence-corrected chi connectivity index (χ3v) is 2.78. The van der Waals surface area contributed by atoms with E-state index >= 15 is 0 Å². The summed E-state index contributed by atoms with van der Waals surface area (Å²) in [4.78, 5) is 11.2. The van der Waals surface area contributed by atoms with Gasteiger partial charge in [0.2, 0.25) is 0 Å². The topological polar surface area (TPSA) is 68.0 Å². The predicted octanol–water partition coefficient (Wildman–Crippen LogP) is 2.36. The maximum absolute atomic E-state index is 11.2. The number of benzene rings is 1. The number of aromatic carboxylic acids is 1. The fourth-order valence-corrected chi connectivity index (χ4v) is 1.94. The van der Waals surface area contributed by atoms with Crippen LogP contribution >= 0.6 is 0 Å². The molecule has 0 fully saturated rings. The molecule has 5 nitrogen and oxygen atoms in total. The molecule has 0 atom stereocenters. The molecule has 0 saturated heterocycles. The highest BCUT2D eigenvalue weighted by Gasteiger charge is 2.17. The summed E-state index contributed by atoms with van der Waals surface area (Å²) in [5.41, 5.74) is 0.862. The third kappa shape index (κ3) is 2.11. The Bertz CT molecular complexity index is 575. The minimum Gasteiger partial charge on any atom is -0.478 e. The van der Waals surface area contributed by atoms with Crippen molar-refractivity contribution >= 4 is 5.97 Å². The molecule has 18 heavy (non-hydrogen) atoms. The van der Waals surface area contributed by atoms with Gasteiger partial charge in [-0.3, -0.25) is 0 Å². The van der Waals surface area contributed by atoms with Gasteiger partial charge in [0.1, 0.15) is 5.82 Å². The molecule has 0 unspecified atom stereocenters. The van der Waals surface area contributed by atoms with E-state index in [1.54, 1.807) is 18.2 Å². The quantitative estimate of drug-likeness (QED) is 0.897. The number of carboxylic acids is 1. The highest BCUT2D eigenvalue weighted by atomic mass is 16.4. The molecule has 5 heteroatoms. The van der Waals surface area contributed by atoms with Crippen LogP contribution in [0.4, 0.5) is 0 Å². The molecule has 0 amide bonds. The summed E-state index contributed by atoms with van der Waals surface area (Å²) in [6.07, 6.45) is 0.946. The summed E-state index contributed by atoms with van der Waals surface area (Å²) in [6, 6.07) is 6.86. The third-order valence-electron chi connectivity index (χ3n) is 2.78. The van der Waals surface area contributed by atoms with Crippen LogP contribution < -0.4 is 0 Å². The zero-order valence-corrected chi connectivity index (χ0v) is 10.4. The molecule has 94 valence electrons. The van der Waals surface area contributed by atoms with Gasteiger partial charge in [-0.25, -0.2) is 4.79 Å². The van der Waals surface area contributed by atoms with Crippen LogP contribution in [0.25, 0.3) is 11.4 Å². The summed E-state index contributed by atoms with van der Waals surface area (Å²) >= 11 is 0. The molecular formula is C13H15N3O2. The molecule has 1 aromatic carbocycles. The number of rotatable bonds is 4. The molecule has 1 aromatic heterocycles. The molecule has 1 N–H and O–H groups in total. The van der Waals surface area contributed by atoms with E-state index in [4.69, 9.17) is 0 Å². The molecule has 0 radical (unpaired) electrons. The van der Waals surface area contributed by atoms with E-state index in [9.17, 15) is 9.90 Å². The van der Waals surface area contributed by atoms with Crippen molar-refractivity contribution < 1.29 is 9.90 Å². The lowest BCUT2D eigenvalue weighted by Crippen LogP contribution is -2.06. The summed E-state index contributed by atoms with van der Waals surface area (Å²) in [5.74, 6) is 0.466. The van der Waals surface area contributed by atoms with Crippen LogP contribution in [0.15, 0.2) is 24.3 Å². The Morgan fingerprint density at radius 3 is 2.72 bits per heavy atom. The number of aromatic nitrogens is 3. The van der Waals surface area contributed by atoms with Crippen LogP contribution in [0, 0.1) is 6.92 Å². The van der Waals surface area contributed by atoms with E-state index in [0.717, 1.165) is 18.8 Å². The second kappa shape index (κ2) is 5.00. The standard InChI is InChI=1S/C13H15N3O2/c1-3-8-16-9(2)14-15-12(16)10-6-4-5-7-11(10)13(17)18/h4-7H,3,8H2,1-2H3,(H,17,18). The maximum atomic E-state index is 11.2. The zero-order valence-electron chi connectivity index (χ0n) is 10.4. The first-order chi connectivity index (χ1) is 8.65. The fourth-order valence-electron chi connectivity index (χ4n) is 1.94. The minimum absolute atomic E-state index is 0.252. The van der Waals surface area contributed by atoms with Gasteiger partial charge in [-0.05, 0) is 19.4 Å². The second-order valence-corrected chi connectivity index (χ2v) is 4.07. The van der Waals surface area contributed by atoms with Crippen LogP contribution in [0.5, 0.6) is 0 Å². The summed E-state index contributed by atoms with van der Waals surface area (Å²) in [5, 5.41) is 17.3. The Hall–Kier alpha value is -2.17. The smallest absolute Gasteiger partial charge is 0.336 e. The van der Waals surface area contributed by atoms with E-state index in [-0.39, 0.29) is 5.56 Å². The average molecular weight is 245 g/mol.